The van der Waals surface area contributed by atoms with Gasteiger partial charge in [-0.2, -0.15) is 0 Å². The molecule has 0 aliphatic rings. The average Bonchev–Trinajstić information content (AvgIpc) is 2.81. The number of aromatic nitrogens is 3. The molecule has 22 heavy (non-hydrogen) atoms. The molecule has 2 N–H and O–H groups in total. The van der Waals surface area contributed by atoms with Crippen molar-refractivity contribution in [2.24, 2.45) is 0 Å². The molecule has 0 saturated carbocycles. The van der Waals surface area contributed by atoms with Gasteiger partial charge >= 0.3 is 0 Å². The number of halogens is 1. The van der Waals surface area contributed by atoms with E-state index in [2.05, 4.69) is 20.9 Å². The summed E-state index contributed by atoms with van der Waals surface area (Å²) < 4.78 is 15.1. The monoisotopic (exact) mass is 339 g/mol. The van der Waals surface area contributed by atoms with E-state index >= 15 is 0 Å². The zero-order chi connectivity index (χ0) is 16.1. The van der Waals surface area contributed by atoms with Gasteiger partial charge in [0, 0.05) is 0 Å². The van der Waals surface area contributed by atoms with Gasteiger partial charge in [-0.25, -0.2) is 9.07 Å². The number of aryl methyl sites for hydroxylation is 1. The van der Waals surface area contributed by atoms with Crippen molar-refractivity contribution in [3.8, 4) is 0 Å². The third kappa shape index (κ3) is 3.80. The smallest absolute Gasteiger partial charge is 0.260 e. The number of hydrogen-bond acceptors (Lipinski definition) is 5. The van der Waals surface area contributed by atoms with Crippen LogP contribution in [0.25, 0.3) is 0 Å². The van der Waals surface area contributed by atoms with Gasteiger partial charge in [0.2, 0.25) is 5.16 Å². The fourth-order valence-corrected chi connectivity index (χ4v) is 2.49. The minimum Gasteiger partial charge on any atom is -0.298 e. The quantitative estimate of drug-likeness (QED) is 0.656. The number of carbonyl (C=O) groups is 1. The first-order chi connectivity index (χ1) is 10.5. The molecule has 0 aliphatic heterocycles. The minimum absolute atomic E-state index is 0.0362. The van der Waals surface area contributed by atoms with E-state index in [1.54, 1.807) is 17.7 Å². The van der Waals surface area contributed by atoms with E-state index in [1.165, 1.54) is 30.0 Å². The summed E-state index contributed by atoms with van der Waals surface area (Å²) in [7, 11) is 0. The zero-order valence-corrected chi connectivity index (χ0v) is 13.6. The van der Waals surface area contributed by atoms with E-state index in [1.807, 2.05) is 6.92 Å². The second-order valence-electron chi connectivity index (χ2n) is 4.17. The average molecular weight is 339 g/mol. The summed E-state index contributed by atoms with van der Waals surface area (Å²) in [5.41, 5.74) is 2.74. The molecule has 116 valence electrons. The summed E-state index contributed by atoms with van der Waals surface area (Å²) in [6, 6.07) is 5.69. The summed E-state index contributed by atoms with van der Waals surface area (Å²) in [5, 5.41) is 11.0. The van der Waals surface area contributed by atoms with Crippen molar-refractivity contribution in [2.45, 2.75) is 19.0 Å². The Kier molecular flexibility index (Phi) is 5.45. The number of nitrogens with zero attached hydrogens (tertiary/aromatic N) is 3. The normalized spacial score (nSPS) is 10.3. The van der Waals surface area contributed by atoms with Crippen molar-refractivity contribution in [1.82, 2.24) is 20.2 Å². The second-order valence-corrected chi connectivity index (χ2v) is 5.81. The third-order valence-corrected chi connectivity index (χ3v) is 3.63. The van der Waals surface area contributed by atoms with E-state index in [-0.39, 0.29) is 10.7 Å². The first-order valence-electron chi connectivity index (χ1n) is 6.44. The molecular weight excluding hydrogens is 325 g/mol. The number of amides is 1. The molecule has 0 radical (unpaired) electrons. The maximum absolute atomic E-state index is 13.5. The van der Waals surface area contributed by atoms with Crippen LogP contribution in [0.5, 0.6) is 0 Å². The highest BCUT2D eigenvalue weighted by atomic mass is 32.2. The number of hydrogen-bond donors (Lipinski definition) is 2. The maximum atomic E-state index is 13.5. The lowest BCUT2D eigenvalue weighted by molar-refractivity contribution is 0.0973. The zero-order valence-electron chi connectivity index (χ0n) is 12.0. The van der Waals surface area contributed by atoms with Crippen LogP contribution in [-0.4, -0.2) is 31.6 Å². The second kappa shape index (κ2) is 7.32. The Balaban J connectivity index is 2.06. The molecule has 0 fully saturated rings. The Bertz CT molecular complexity index is 703. The van der Waals surface area contributed by atoms with Gasteiger partial charge in [0.1, 0.15) is 11.6 Å². The lowest BCUT2D eigenvalue weighted by atomic mass is 10.2. The van der Waals surface area contributed by atoms with Crippen LogP contribution in [0.4, 0.5) is 4.39 Å². The lowest BCUT2D eigenvalue weighted by Gasteiger charge is -2.12. The fraction of sp³-hybridized carbons (Fsp3) is 0.231. The molecule has 1 heterocycles. The fourth-order valence-electron chi connectivity index (χ4n) is 1.64. The highest BCUT2D eigenvalue weighted by Gasteiger charge is 2.14. The van der Waals surface area contributed by atoms with E-state index in [9.17, 15) is 9.18 Å². The van der Waals surface area contributed by atoms with Crippen molar-refractivity contribution in [1.29, 1.82) is 0 Å². The molecule has 1 aromatic carbocycles. The topological polar surface area (TPSA) is 71.8 Å². The Morgan fingerprint density at radius 1 is 1.41 bits per heavy atom. The van der Waals surface area contributed by atoms with Crippen LogP contribution in [0, 0.1) is 12.7 Å². The predicted octanol–water partition coefficient (Wildman–Crippen LogP) is 2.10. The number of nitrogens with one attached hydrogen (secondary N) is 2. The minimum atomic E-state index is -0.619. The molecule has 9 heteroatoms. The summed E-state index contributed by atoms with van der Waals surface area (Å²) in [6.45, 7) is 3.73. The van der Waals surface area contributed by atoms with Gasteiger partial charge < -0.3 is 0 Å². The van der Waals surface area contributed by atoms with Crippen LogP contribution in [0.3, 0.4) is 0 Å². The Labute approximate surface area is 136 Å². The standard InChI is InChI=1S/C13H14FN5OS2/c1-3-22-13-17-16-8(2)19(13)18-12(21)15-11(20)9-6-4-5-7-10(9)14/h4-7H,3H2,1-2H3,(H2,15,18,20,21). The van der Waals surface area contributed by atoms with E-state index in [0.29, 0.717) is 11.0 Å². The highest BCUT2D eigenvalue weighted by molar-refractivity contribution is 7.99. The summed E-state index contributed by atoms with van der Waals surface area (Å²) in [4.78, 5) is 12.0. The van der Waals surface area contributed by atoms with Crippen molar-refractivity contribution in [2.75, 3.05) is 11.2 Å². The summed E-state index contributed by atoms with van der Waals surface area (Å²) >= 11 is 6.55. The molecule has 1 amide bonds. The van der Waals surface area contributed by atoms with Gasteiger partial charge in [0.25, 0.3) is 5.91 Å². The molecule has 0 atom stereocenters. The van der Waals surface area contributed by atoms with E-state index in [4.69, 9.17) is 12.2 Å². The number of benzene rings is 1. The first-order valence-corrected chi connectivity index (χ1v) is 7.84. The van der Waals surface area contributed by atoms with Crippen LogP contribution in [0.2, 0.25) is 0 Å². The van der Waals surface area contributed by atoms with Crippen molar-refractivity contribution in [3.05, 3.63) is 41.5 Å². The Hall–Kier alpha value is -2.00. The molecule has 0 spiro atoms. The Morgan fingerprint density at radius 3 is 2.82 bits per heavy atom. The van der Waals surface area contributed by atoms with Gasteiger partial charge in [-0.3, -0.25) is 15.5 Å². The van der Waals surface area contributed by atoms with Gasteiger partial charge in [-0.05, 0) is 37.0 Å². The third-order valence-electron chi connectivity index (χ3n) is 2.63. The van der Waals surface area contributed by atoms with Crippen molar-refractivity contribution < 1.29 is 9.18 Å². The molecule has 0 aliphatic carbocycles. The van der Waals surface area contributed by atoms with E-state index in [0.717, 1.165) is 5.75 Å². The van der Waals surface area contributed by atoms with Crippen LogP contribution in [0.1, 0.15) is 23.1 Å². The van der Waals surface area contributed by atoms with Gasteiger partial charge in [-0.1, -0.05) is 30.8 Å². The highest BCUT2D eigenvalue weighted by Crippen LogP contribution is 2.14. The largest absolute Gasteiger partial charge is 0.298 e. The molecule has 0 unspecified atom stereocenters. The molecule has 1 aromatic heterocycles. The van der Waals surface area contributed by atoms with Crippen LogP contribution in [-0.2, 0) is 0 Å². The van der Waals surface area contributed by atoms with Crippen LogP contribution < -0.4 is 10.7 Å². The maximum Gasteiger partial charge on any atom is 0.260 e. The lowest BCUT2D eigenvalue weighted by Crippen LogP contribution is -2.38. The van der Waals surface area contributed by atoms with Crippen LogP contribution >= 0.6 is 24.0 Å². The summed E-state index contributed by atoms with van der Waals surface area (Å²) in [6.07, 6.45) is 0. The van der Waals surface area contributed by atoms with Crippen molar-refractivity contribution >= 4 is 35.0 Å². The number of thiocarbonyl (C=S) groups is 1. The molecular formula is C13H14FN5OS2. The number of rotatable bonds is 4. The number of thioether (sulfide) groups is 1. The van der Waals surface area contributed by atoms with Crippen LogP contribution in [0.15, 0.2) is 29.4 Å². The van der Waals surface area contributed by atoms with Gasteiger partial charge in [0.15, 0.2) is 5.11 Å². The molecule has 2 rings (SSSR count). The first kappa shape index (κ1) is 16.4. The van der Waals surface area contributed by atoms with Gasteiger partial charge in [-0.15, -0.1) is 10.2 Å². The van der Waals surface area contributed by atoms with Gasteiger partial charge in [0.05, 0.1) is 5.56 Å². The summed E-state index contributed by atoms with van der Waals surface area (Å²) in [5.74, 6) is 0.184. The SMILES string of the molecule is CCSc1nnc(C)n1NC(=S)NC(=O)c1ccccc1F. The predicted molar refractivity (Wildman–Crippen MR) is 87.0 cm³/mol. The molecule has 6 nitrogen and oxygen atoms in total. The molecule has 2 aromatic rings. The van der Waals surface area contributed by atoms with E-state index < -0.39 is 11.7 Å². The van der Waals surface area contributed by atoms with Crippen molar-refractivity contribution in [3.63, 3.8) is 0 Å². The molecule has 0 bridgehead atoms. The number of carbonyl (C=O) groups excluding carboxylic acids is 1. The molecule has 0 saturated heterocycles. The Morgan fingerprint density at radius 2 is 2.14 bits per heavy atom.